The Hall–Kier alpha value is -1.63. The second-order valence-corrected chi connectivity index (χ2v) is 2.38. The molecule has 4 heteroatoms. The van der Waals surface area contributed by atoms with Gasteiger partial charge in [0.15, 0.2) is 0 Å². The number of rotatable bonds is 2. The zero-order valence-electron chi connectivity index (χ0n) is 6.79. The maximum Gasteiger partial charge on any atom is 0.345 e. The predicted octanol–water partition coefficient (Wildman–Crippen LogP) is 0.398. The number of nitriles is 1. The van der Waals surface area contributed by atoms with Crippen molar-refractivity contribution in [3.8, 4) is 6.07 Å². The monoisotopic (exact) mass is 163 g/mol. The molecular formula is C8H9N3O. The van der Waals surface area contributed by atoms with Crippen molar-refractivity contribution in [1.29, 1.82) is 5.26 Å². The summed E-state index contributed by atoms with van der Waals surface area (Å²) in [5.41, 5.74) is 1.25. The highest BCUT2D eigenvalue weighted by molar-refractivity contribution is 5.19. The zero-order valence-corrected chi connectivity index (χ0v) is 6.79. The lowest BCUT2D eigenvalue weighted by molar-refractivity contribution is 0.917. The van der Waals surface area contributed by atoms with E-state index < -0.39 is 0 Å². The van der Waals surface area contributed by atoms with E-state index in [1.165, 1.54) is 6.20 Å². The van der Waals surface area contributed by atoms with E-state index in [1.54, 1.807) is 0 Å². The summed E-state index contributed by atoms with van der Waals surface area (Å²) in [6, 6.07) is 2.02. The van der Waals surface area contributed by atoms with Gasteiger partial charge in [-0.15, -0.1) is 0 Å². The van der Waals surface area contributed by atoms with Crippen molar-refractivity contribution in [2.45, 2.75) is 19.8 Å². The number of nitrogens with one attached hydrogen (secondary N) is 1. The molecule has 0 aliphatic heterocycles. The van der Waals surface area contributed by atoms with Crippen LogP contribution in [-0.4, -0.2) is 9.97 Å². The van der Waals surface area contributed by atoms with Gasteiger partial charge in [0.1, 0.15) is 0 Å². The van der Waals surface area contributed by atoms with Crippen LogP contribution in [0.4, 0.5) is 0 Å². The predicted molar refractivity (Wildman–Crippen MR) is 43.6 cm³/mol. The number of aromatic amines is 1. The Kier molecular flexibility index (Phi) is 2.59. The molecule has 0 saturated heterocycles. The zero-order chi connectivity index (χ0) is 8.97. The molecule has 0 spiro atoms. The lowest BCUT2D eigenvalue weighted by atomic mass is 10.1. The van der Waals surface area contributed by atoms with Crippen LogP contribution in [0.5, 0.6) is 0 Å². The quantitative estimate of drug-likeness (QED) is 0.686. The highest BCUT2D eigenvalue weighted by Gasteiger charge is 2.00. The second kappa shape index (κ2) is 3.67. The Balaban J connectivity index is 3.13. The third-order valence-electron chi connectivity index (χ3n) is 1.61. The molecular weight excluding hydrogens is 154 g/mol. The molecule has 0 bridgehead atoms. The number of hydrogen-bond acceptors (Lipinski definition) is 3. The fourth-order valence-corrected chi connectivity index (χ4v) is 1.01. The molecule has 1 heterocycles. The molecule has 0 fully saturated rings. The lowest BCUT2D eigenvalue weighted by Gasteiger charge is -2.00. The Labute approximate surface area is 69.9 Å². The highest BCUT2D eigenvalue weighted by Crippen LogP contribution is 2.02. The topological polar surface area (TPSA) is 69.5 Å². The Bertz CT molecular complexity index is 361. The summed E-state index contributed by atoms with van der Waals surface area (Å²) in [4.78, 5) is 16.9. The van der Waals surface area contributed by atoms with Gasteiger partial charge in [-0.25, -0.2) is 9.78 Å². The minimum absolute atomic E-state index is 0.299. The lowest BCUT2D eigenvalue weighted by Crippen LogP contribution is -2.14. The van der Waals surface area contributed by atoms with Crippen molar-refractivity contribution >= 4 is 0 Å². The van der Waals surface area contributed by atoms with Crippen LogP contribution in [-0.2, 0) is 12.8 Å². The third-order valence-corrected chi connectivity index (χ3v) is 1.61. The molecule has 1 aromatic rings. The number of H-pyrrole nitrogens is 1. The van der Waals surface area contributed by atoms with E-state index in [4.69, 9.17) is 5.26 Å². The van der Waals surface area contributed by atoms with Gasteiger partial charge in [0.2, 0.25) is 0 Å². The third kappa shape index (κ3) is 1.70. The minimum atomic E-state index is -0.353. The van der Waals surface area contributed by atoms with E-state index in [-0.39, 0.29) is 5.69 Å². The average Bonchev–Trinajstić information content (AvgIpc) is 2.08. The van der Waals surface area contributed by atoms with Gasteiger partial charge in [0.05, 0.1) is 12.5 Å². The van der Waals surface area contributed by atoms with Gasteiger partial charge in [0.25, 0.3) is 0 Å². The van der Waals surface area contributed by atoms with Crippen molar-refractivity contribution in [1.82, 2.24) is 9.97 Å². The molecule has 12 heavy (non-hydrogen) atoms. The van der Waals surface area contributed by atoms with Gasteiger partial charge >= 0.3 is 5.69 Å². The van der Waals surface area contributed by atoms with E-state index in [0.717, 1.165) is 17.7 Å². The molecule has 62 valence electrons. The fourth-order valence-electron chi connectivity index (χ4n) is 1.01. The molecule has 0 aromatic carbocycles. The van der Waals surface area contributed by atoms with Crippen LogP contribution in [0.1, 0.15) is 18.2 Å². The SMILES string of the molecule is CCc1[nH]c(=O)ncc1CC#N. The van der Waals surface area contributed by atoms with E-state index in [0.29, 0.717) is 6.42 Å². The second-order valence-electron chi connectivity index (χ2n) is 2.38. The number of nitrogens with zero attached hydrogens (tertiary/aromatic N) is 2. The molecule has 0 aliphatic rings. The molecule has 0 saturated carbocycles. The molecule has 1 rings (SSSR count). The van der Waals surface area contributed by atoms with Crippen LogP contribution in [0.15, 0.2) is 11.0 Å². The van der Waals surface area contributed by atoms with Crippen LogP contribution >= 0.6 is 0 Å². The van der Waals surface area contributed by atoms with Gasteiger partial charge in [-0.3, -0.25) is 0 Å². The maximum absolute atomic E-state index is 10.8. The van der Waals surface area contributed by atoms with Crippen molar-refractivity contribution in [3.05, 3.63) is 27.9 Å². The first-order valence-corrected chi connectivity index (χ1v) is 3.72. The van der Waals surface area contributed by atoms with Gasteiger partial charge in [-0.05, 0) is 6.42 Å². The molecule has 1 aromatic heterocycles. The van der Waals surface area contributed by atoms with Gasteiger partial charge in [0, 0.05) is 17.5 Å². The highest BCUT2D eigenvalue weighted by atomic mass is 16.1. The standard InChI is InChI=1S/C8H9N3O/c1-2-7-6(3-4-9)5-10-8(12)11-7/h5H,2-3H2,1H3,(H,10,11,12). The fraction of sp³-hybridized carbons (Fsp3) is 0.375. The number of hydrogen-bond donors (Lipinski definition) is 1. The Morgan fingerprint density at radius 3 is 3.08 bits per heavy atom. The van der Waals surface area contributed by atoms with Crippen LogP contribution < -0.4 is 5.69 Å². The van der Waals surface area contributed by atoms with E-state index in [9.17, 15) is 4.79 Å². The first kappa shape index (κ1) is 8.47. The van der Waals surface area contributed by atoms with Crippen LogP contribution in [0.25, 0.3) is 0 Å². The first-order chi connectivity index (χ1) is 5.77. The smallest absolute Gasteiger partial charge is 0.310 e. The summed E-state index contributed by atoms with van der Waals surface area (Å²) in [5.74, 6) is 0. The van der Waals surface area contributed by atoms with Crippen molar-refractivity contribution in [3.63, 3.8) is 0 Å². The van der Waals surface area contributed by atoms with Gasteiger partial charge in [-0.2, -0.15) is 5.26 Å². The molecule has 0 atom stereocenters. The van der Waals surface area contributed by atoms with E-state index in [1.807, 2.05) is 13.0 Å². The summed E-state index contributed by atoms with van der Waals surface area (Å²) < 4.78 is 0. The van der Waals surface area contributed by atoms with Crippen molar-refractivity contribution in [2.24, 2.45) is 0 Å². The van der Waals surface area contributed by atoms with E-state index >= 15 is 0 Å². The molecule has 0 unspecified atom stereocenters. The van der Waals surface area contributed by atoms with E-state index in [2.05, 4.69) is 9.97 Å². The maximum atomic E-state index is 10.8. The number of aromatic nitrogens is 2. The Morgan fingerprint density at radius 2 is 2.50 bits per heavy atom. The number of aryl methyl sites for hydroxylation is 1. The van der Waals surface area contributed by atoms with Crippen LogP contribution in [0, 0.1) is 11.3 Å². The largest absolute Gasteiger partial charge is 0.345 e. The normalized spacial score (nSPS) is 9.33. The Morgan fingerprint density at radius 1 is 1.75 bits per heavy atom. The van der Waals surface area contributed by atoms with Crippen molar-refractivity contribution in [2.75, 3.05) is 0 Å². The molecule has 0 radical (unpaired) electrons. The van der Waals surface area contributed by atoms with Crippen molar-refractivity contribution < 1.29 is 0 Å². The molecule has 0 aliphatic carbocycles. The molecule has 4 nitrogen and oxygen atoms in total. The summed E-state index contributed by atoms with van der Waals surface area (Å²) >= 11 is 0. The first-order valence-electron chi connectivity index (χ1n) is 3.72. The minimum Gasteiger partial charge on any atom is -0.310 e. The van der Waals surface area contributed by atoms with Crippen LogP contribution in [0.3, 0.4) is 0 Å². The molecule has 1 N–H and O–H groups in total. The van der Waals surface area contributed by atoms with Gasteiger partial charge in [-0.1, -0.05) is 6.92 Å². The summed E-state index contributed by atoms with van der Waals surface area (Å²) in [7, 11) is 0. The molecule has 0 amide bonds. The summed E-state index contributed by atoms with van der Waals surface area (Å²) in [6.45, 7) is 1.92. The van der Waals surface area contributed by atoms with Crippen LogP contribution in [0.2, 0.25) is 0 Å². The van der Waals surface area contributed by atoms with Gasteiger partial charge < -0.3 is 4.98 Å². The average molecular weight is 163 g/mol. The summed E-state index contributed by atoms with van der Waals surface area (Å²) in [5, 5.41) is 8.44. The summed E-state index contributed by atoms with van der Waals surface area (Å²) in [6.07, 6.45) is 2.47.